The van der Waals surface area contributed by atoms with Gasteiger partial charge >= 0.3 is 11.9 Å². The lowest BCUT2D eigenvalue weighted by atomic mass is 9.66. The summed E-state index contributed by atoms with van der Waals surface area (Å²) in [6, 6.07) is 5.07. The average Bonchev–Trinajstić information content (AvgIpc) is 1.44. The molecule has 10 amide bonds. The number of aromatic amines is 1. The van der Waals surface area contributed by atoms with Crippen molar-refractivity contribution in [2.75, 3.05) is 67.2 Å². The third kappa shape index (κ3) is 20.6. The summed E-state index contributed by atoms with van der Waals surface area (Å²) in [6.07, 6.45) is 0.805. The number of carbonyl (C=O) groups is 12. The lowest BCUT2D eigenvalue weighted by Gasteiger charge is -2.38. The molecule has 108 heavy (non-hydrogen) atoms. The topological polar surface area (TPSA) is 515 Å². The van der Waals surface area contributed by atoms with Gasteiger partial charge in [0.25, 0.3) is 0 Å². The Hall–Kier alpha value is -10.4. The summed E-state index contributed by atoms with van der Waals surface area (Å²) in [6.45, 7) is 6.69. The molecule has 18 N–H and O–H groups in total. The van der Waals surface area contributed by atoms with E-state index in [1.165, 1.54) is 28.4 Å². The molecule has 2 fully saturated rings. The standard InChI is InChI=1S/C73H101N15O19S/c1-9-36(3)60(69(97)84-46(18-13-14-23-74)67(95)86-61(37(4)10-2)70(98)85-49(65(93)79-5)26-39-32-81-45-17-12-11-16-40(39)45)87-68(96)48(20-21-55(76)89)83-66(94)47(19-15-24-80-73(77)78)82-64(92)44(75)34-108-54-31-56(90)88(71(54)99)25-22-57(91)107-62-42-30-51-50(105-35-106-51)29-41(42)58(59-43(62)33-104-72(59)100)38-27-52(101-6)63(103-8)53(28-38)102-7/h11-12,16-17,27-30,32,36-37,43-44,46-49,54,58-62,81H,9-10,13-15,18-26,31,33-35,74-75H2,1-8H3,(H2,76,89)(H,79,93)(H,82,92)(H,83,94)(H,84,97)(H,85,98)(H,86,95)(H,87,96)(H4,77,78,80)/t36?,37?,43-,44-,46-,47-,48-,49-,54?,58+,59-,60-,61-,62-/m0/s1. The Labute approximate surface area is 629 Å². The Bertz CT molecular complexity index is 3960. The number of methoxy groups -OCH3 is 3. The maximum atomic E-state index is 14.6. The number of esters is 2. The summed E-state index contributed by atoms with van der Waals surface area (Å²) in [5.41, 5.74) is 32.3. The smallest absolute Gasteiger partial charge is 0.310 e. The predicted molar refractivity (Wildman–Crippen MR) is 395 cm³/mol. The second-order valence-corrected chi connectivity index (χ2v) is 28.4. The summed E-state index contributed by atoms with van der Waals surface area (Å²) in [4.78, 5) is 175. The number of ether oxygens (including phenoxy) is 7. The summed E-state index contributed by atoms with van der Waals surface area (Å²) in [7, 11) is 5.84. The zero-order chi connectivity index (χ0) is 78.6. The number of imide groups is 1. The number of para-hydroxylation sites is 1. The number of rotatable bonds is 41. The molecule has 588 valence electrons. The van der Waals surface area contributed by atoms with Crippen molar-refractivity contribution in [3.63, 3.8) is 0 Å². The molecule has 0 radical (unpaired) electrons. The number of nitrogens with one attached hydrogen (secondary N) is 8. The number of guanidine groups is 1. The third-order valence-electron chi connectivity index (χ3n) is 20.0. The number of thioether (sulfide) groups is 1. The molecular formula is C73H101N15O19S. The molecule has 3 aromatic carbocycles. The number of cyclic esters (lactones) is 1. The van der Waals surface area contributed by atoms with Crippen molar-refractivity contribution < 1.29 is 90.7 Å². The van der Waals surface area contributed by atoms with Crippen LogP contribution in [0.15, 0.2) is 59.7 Å². The number of likely N-dealkylation sites (N-methyl/N-ethyl adjacent to an activating group) is 1. The van der Waals surface area contributed by atoms with Gasteiger partial charge in [0.1, 0.15) is 42.4 Å². The number of fused-ring (bicyclic) bond motifs is 4. The first-order valence-corrected chi connectivity index (χ1v) is 37.2. The largest absolute Gasteiger partial charge is 0.493 e. The molecule has 4 heterocycles. The quantitative estimate of drug-likeness (QED) is 0.00943. The van der Waals surface area contributed by atoms with Gasteiger partial charge in [-0.1, -0.05) is 58.7 Å². The second kappa shape index (κ2) is 38.9. The number of nitrogens with zero attached hydrogens (tertiary/aromatic N) is 2. The summed E-state index contributed by atoms with van der Waals surface area (Å²) in [5, 5.41) is 18.8. The van der Waals surface area contributed by atoms with E-state index in [1.54, 1.807) is 51.2 Å². The van der Waals surface area contributed by atoms with E-state index in [0.29, 0.717) is 71.1 Å². The van der Waals surface area contributed by atoms with E-state index in [-0.39, 0.29) is 83.3 Å². The van der Waals surface area contributed by atoms with E-state index in [2.05, 4.69) is 47.2 Å². The molecule has 2 saturated heterocycles. The Morgan fingerprint density at radius 3 is 1.87 bits per heavy atom. The number of nitrogens with two attached hydrogens (primary N) is 5. The highest BCUT2D eigenvalue weighted by molar-refractivity contribution is 8.00. The number of amides is 10. The van der Waals surface area contributed by atoms with Crippen molar-refractivity contribution in [1.82, 2.24) is 47.1 Å². The lowest BCUT2D eigenvalue weighted by molar-refractivity contribution is -0.155. The molecule has 4 aliphatic rings. The van der Waals surface area contributed by atoms with Crippen molar-refractivity contribution >= 4 is 99.6 Å². The van der Waals surface area contributed by atoms with Crippen LogP contribution in [0.4, 0.5) is 0 Å². The molecule has 34 nitrogen and oxygen atoms in total. The fourth-order valence-corrected chi connectivity index (χ4v) is 14.8. The number of carbonyl (C=O) groups excluding carboxylic acids is 12. The Balaban J connectivity index is 0.902. The first-order chi connectivity index (χ1) is 51.7. The molecular weight excluding hydrogens is 1420 g/mol. The number of hydrogen-bond acceptors (Lipinski definition) is 23. The molecule has 0 spiro atoms. The van der Waals surface area contributed by atoms with E-state index in [1.807, 2.05) is 31.2 Å². The first kappa shape index (κ1) is 83.2. The molecule has 3 aliphatic heterocycles. The van der Waals surface area contributed by atoms with Crippen LogP contribution in [0.5, 0.6) is 28.7 Å². The predicted octanol–water partition coefficient (Wildman–Crippen LogP) is 0.457. The summed E-state index contributed by atoms with van der Waals surface area (Å²) in [5.74, 6) is -11.0. The van der Waals surface area contributed by atoms with Gasteiger partial charge < -0.3 is 104 Å². The molecule has 1 aliphatic carbocycles. The molecule has 14 atom stereocenters. The van der Waals surface area contributed by atoms with Crippen LogP contribution in [0.3, 0.4) is 0 Å². The van der Waals surface area contributed by atoms with E-state index < -0.39 is 167 Å². The third-order valence-corrected chi connectivity index (χ3v) is 21.3. The Morgan fingerprint density at radius 1 is 0.694 bits per heavy atom. The minimum Gasteiger partial charge on any atom is -0.493 e. The van der Waals surface area contributed by atoms with Crippen LogP contribution in [0, 0.1) is 23.7 Å². The van der Waals surface area contributed by atoms with Crippen LogP contribution in [0.2, 0.25) is 0 Å². The zero-order valence-corrected chi connectivity index (χ0v) is 62.8. The Morgan fingerprint density at radius 2 is 1.28 bits per heavy atom. The number of benzene rings is 3. The van der Waals surface area contributed by atoms with E-state index in [9.17, 15) is 57.5 Å². The second-order valence-electron chi connectivity index (χ2n) is 27.2. The molecule has 1 aromatic heterocycles. The number of hydrogen-bond donors (Lipinski definition) is 13. The number of aromatic nitrogens is 1. The van der Waals surface area contributed by atoms with Gasteiger partial charge in [-0.2, -0.15) is 0 Å². The SMILES string of the molecule is CCC(C)[C@H](NC(=O)[C@H](CCCCN)NC(=O)[C@@H](NC(=O)[C@H](CCC(N)=O)NC(=O)[C@H](CCCN=C(N)N)NC(=O)[C@@H](N)CSC1CC(=O)N(CCC(=O)O[C@H]2c3cc4c(cc3[C@@H](c3cc(OC)c(OC)c(OC)c3)[C@H]3C(=O)OC[C@@H]32)OCO4)C1=O)C(C)CC)C(=O)N[C@@H](Cc1c[nH]c2ccccc12)C(=O)NC. The molecule has 8 rings (SSSR count). The van der Waals surface area contributed by atoms with Crippen LogP contribution >= 0.6 is 11.8 Å². The molecule has 4 aromatic rings. The van der Waals surface area contributed by atoms with Gasteiger partial charge in [-0.05, 0) is 104 Å². The fourth-order valence-electron chi connectivity index (χ4n) is 13.6. The number of aliphatic imine (C=N–C) groups is 1. The van der Waals surface area contributed by atoms with Crippen LogP contribution in [-0.4, -0.2) is 202 Å². The van der Waals surface area contributed by atoms with Crippen LogP contribution in [0.1, 0.15) is 133 Å². The Kier molecular flexibility index (Phi) is 30.0. The highest BCUT2D eigenvalue weighted by Crippen LogP contribution is 2.57. The summed E-state index contributed by atoms with van der Waals surface area (Å²) >= 11 is 0.895. The van der Waals surface area contributed by atoms with Gasteiger partial charge in [-0.15, -0.1) is 11.8 Å². The van der Waals surface area contributed by atoms with Crippen molar-refractivity contribution in [3.8, 4) is 28.7 Å². The van der Waals surface area contributed by atoms with Gasteiger partial charge in [0.15, 0.2) is 29.0 Å². The molecule has 35 heteroatoms. The number of unbranched alkanes of at least 4 members (excludes halogenated alkanes) is 1. The molecule has 0 saturated carbocycles. The van der Waals surface area contributed by atoms with Crippen molar-refractivity contribution in [2.45, 2.75) is 164 Å². The van der Waals surface area contributed by atoms with Crippen LogP contribution in [0.25, 0.3) is 10.9 Å². The molecule has 0 bridgehead atoms. The number of H-pyrrole nitrogens is 1. The van der Waals surface area contributed by atoms with Crippen molar-refractivity contribution in [2.24, 2.45) is 57.3 Å². The minimum absolute atomic E-state index is 0.00854. The highest BCUT2D eigenvalue weighted by atomic mass is 32.2. The lowest BCUT2D eigenvalue weighted by Crippen LogP contribution is -2.61. The first-order valence-electron chi connectivity index (χ1n) is 36.1. The number of primary amides is 1. The van der Waals surface area contributed by atoms with Crippen LogP contribution < -0.4 is 89.6 Å². The molecule has 3 unspecified atom stereocenters. The average molecular weight is 1520 g/mol. The highest BCUT2D eigenvalue weighted by Gasteiger charge is 2.54. The van der Waals surface area contributed by atoms with Crippen molar-refractivity contribution in [3.05, 3.63) is 77.0 Å². The van der Waals surface area contributed by atoms with E-state index >= 15 is 0 Å². The zero-order valence-electron chi connectivity index (χ0n) is 62.0. The maximum Gasteiger partial charge on any atom is 0.310 e. The van der Waals surface area contributed by atoms with Gasteiger partial charge in [-0.3, -0.25) is 67.4 Å². The summed E-state index contributed by atoms with van der Waals surface area (Å²) < 4.78 is 40.3. The van der Waals surface area contributed by atoms with E-state index in [0.717, 1.165) is 33.1 Å². The monoisotopic (exact) mass is 1520 g/mol. The fraction of sp³-hybridized carbons (Fsp3) is 0.548. The van der Waals surface area contributed by atoms with Crippen LogP contribution in [-0.2, 0) is 73.4 Å². The van der Waals surface area contributed by atoms with Gasteiger partial charge in [0, 0.05) is 79.7 Å². The van der Waals surface area contributed by atoms with Crippen molar-refractivity contribution in [1.29, 1.82) is 0 Å². The minimum atomic E-state index is -1.57. The number of likely N-dealkylation sites (tertiary alicyclic amines) is 1. The van der Waals surface area contributed by atoms with Gasteiger partial charge in [0.05, 0.1) is 51.6 Å². The maximum absolute atomic E-state index is 14.6. The van der Waals surface area contributed by atoms with Gasteiger partial charge in [0.2, 0.25) is 71.6 Å². The van der Waals surface area contributed by atoms with E-state index in [4.69, 9.17) is 61.8 Å². The van der Waals surface area contributed by atoms with Gasteiger partial charge in [-0.25, -0.2) is 0 Å². The normalized spacial score (nSPS) is 19.4.